The van der Waals surface area contributed by atoms with Gasteiger partial charge in [-0.15, -0.1) is 0 Å². The van der Waals surface area contributed by atoms with Gasteiger partial charge < -0.3 is 24.8 Å². The number of carbonyl (C=O) groups is 3. The maximum absolute atomic E-state index is 12.8. The second kappa shape index (κ2) is 10.1. The van der Waals surface area contributed by atoms with E-state index in [1.807, 2.05) is 33.8 Å². The third kappa shape index (κ3) is 4.93. The molecule has 0 fully saturated rings. The molecule has 30 heavy (non-hydrogen) atoms. The van der Waals surface area contributed by atoms with Crippen molar-refractivity contribution in [1.82, 2.24) is 4.90 Å². The molecule has 1 heterocycles. The summed E-state index contributed by atoms with van der Waals surface area (Å²) in [5.74, 6) is -0.744. The molecule has 164 valence electrons. The van der Waals surface area contributed by atoms with Gasteiger partial charge in [0.2, 0.25) is 0 Å². The first-order chi connectivity index (χ1) is 14.2. The van der Waals surface area contributed by atoms with Gasteiger partial charge in [0.1, 0.15) is 12.4 Å². The lowest BCUT2D eigenvalue weighted by atomic mass is 9.93. The Balaban J connectivity index is 2.55. The monoisotopic (exact) mass is 418 g/mol. The normalized spacial score (nSPS) is 13.0. The van der Waals surface area contributed by atoms with E-state index < -0.39 is 11.9 Å². The molecule has 0 aromatic heterocycles. The van der Waals surface area contributed by atoms with Crippen LogP contribution in [0.1, 0.15) is 60.7 Å². The van der Waals surface area contributed by atoms with E-state index in [1.54, 1.807) is 12.0 Å². The van der Waals surface area contributed by atoms with Crippen LogP contribution in [0.3, 0.4) is 0 Å². The summed E-state index contributed by atoms with van der Waals surface area (Å²) in [6.07, 6.45) is 2.75. The van der Waals surface area contributed by atoms with Crippen molar-refractivity contribution in [1.29, 1.82) is 0 Å². The molecule has 0 unspecified atom stereocenters. The number of carboxylic acid groups (broad SMARTS) is 1. The van der Waals surface area contributed by atoms with Gasteiger partial charge in [0.25, 0.3) is 0 Å². The van der Waals surface area contributed by atoms with Crippen molar-refractivity contribution in [2.75, 3.05) is 25.5 Å². The molecule has 8 nitrogen and oxygen atoms in total. The van der Waals surface area contributed by atoms with Crippen LogP contribution in [0.2, 0.25) is 0 Å². The SMILES string of the molecule is CCN(CC)C(=O)Nc1c(C/C=C(\C)CCC(=O)O)c(OC)c(C)c2c1C(=O)OC2. The second-order valence-corrected chi connectivity index (χ2v) is 7.19. The molecule has 0 saturated carbocycles. The van der Waals surface area contributed by atoms with Gasteiger partial charge in [0.15, 0.2) is 0 Å². The van der Waals surface area contributed by atoms with E-state index in [0.29, 0.717) is 54.1 Å². The summed E-state index contributed by atoms with van der Waals surface area (Å²) in [4.78, 5) is 37.7. The lowest BCUT2D eigenvalue weighted by Crippen LogP contribution is -2.35. The number of anilines is 1. The molecular formula is C22H30N2O6. The number of urea groups is 1. The molecule has 2 rings (SSSR count). The molecule has 2 amide bonds. The van der Waals surface area contributed by atoms with Gasteiger partial charge in [0, 0.05) is 30.6 Å². The van der Waals surface area contributed by atoms with Crippen LogP contribution in [-0.4, -0.2) is 48.2 Å². The number of cyclic esters (lactones) is 1. The number of aliphatic carboxylic acids is 1. The number of allylic oxidation sites excluding steroid dienone is 2. The van der Waals surface area contributed by atoms with E-state index in [1.165, 1.54) is 0 Å². The Morgan fingerprint density at radius 3 is 2.50 bits per heavy atom. The number of nitrogens with one attached hydrogen (secondary N) is 1. The number of amides is 2. The first-order valence-electron chi connectivity index (χ1n) is 10.1. The van der Waals surface area contributed by atoms with E-state index >= 15 is 0 Å². The van der Waals surface area contributed by atoms with Crippen LogP contribution in [0.25, 0.3) is 0 Å². The van der Waals surface area contributed by atoms with E-state index in [-0.39, 0.29) is 19.1 Å². The molecule has 0 saturated heterocycles. The Morgan fingerprint density at radius 2 is 1.93 bits per heavy atom. The van der Waals surface area contributed by atoms with Crippen LogP contribution in [0.5, 0.6) is 5.75 Å². The largest absolute Gasteiger partial charge is 0.496 e. The van der Waals surface area contributed by atoms with Crippen LogP contribution in [0, 0.1) is 6.92 Å². The van der Waals surface area contributed by atoms with Crippen molar-refractivity contribution in [2.45, 2.75) is 53.6 Å². The van der Waals surface area contributed by atoms with Crippen molar-refractivity contribution in [3.8, 4) is 5.75 Å². The predicted molar refractivity (Wildman–Crippen MR) is 113 cm³/mol. The average Bonchev–Trinajstić information content (AvgIpc) is 3.10. The van der Waals surface area contributed by atoms with Crippen LogP contribution in [-0.2, 0) is 22.6 Å². The minimum absolute atomic E-state index is 0.0422. The zero-order valence-electron chi connectivity index (χ0n) is 18.3. The topological polar surface area (TPSA) is 105 Å². The summed E-state index contributed by atoms with van der Waals surface area (Å²) in [7, 11) is 1.55. The maximum atomic E-state index is 12.8. The molecule has 2 N–H and O–H groups in total. The van der Waals surface area contributed by atoms with Crippen LogP contribution in [0.15, 0.2) is 11.6 Å². The fraction of sp³-hybridized carbons (Fsp3) is 0.500. The number of benzene rings is 1. The molecule has 1 aromatic rings. The molecule has 0 aliphatic carbocycles. The van der Waals surface area contributed by atoms with Gasteiger partial charge in [-0.3, -0.25) is 4.79 Å². The smallest absolute Gasteiger partial charge is 0.341 e. The van der Waals surface area contributed by atoms with E-state index in [2.05, 4.69) is 5.32 Å². The molecule has 0 atom stereocenters. The molecule has 0 radical (unpaired) electrons. The molecule has 0 spiro atoms. The first kappa shape index (κ1) is 23.3. The number of hydrogen-bond acceptors (Lipinski definition) is 5. The summed E-state index contributed by atoms with van der Waals surface area (Å²) in [5.41, 5.74) is 3.84. The number of nitrogens with zero attached hydrogens (tertiary/aromatic N) is 1. The minimum Gasteiger partial charge on any atom is -0.496 e. The highest BCUT2D eigenvalue weighted by Gasteiger charge is 2.33. The molecule has 1 aromatic carbocycles. The third-order valence-electron chi connectivity index (χ3n) is 5.35. The number of carboxylic acids is 1. The molecule has 1 aliphatic rings. The summed E-state index contributed by atoms with van der Waals surface area (Å²) in [6.45, 7) is 8.68. The van der Waals surface area contributed by atoms with Gasteiger partial charge in [-0.2, -0.15) is 0 Å². The van der Waals surface area contributed by atoms with E-state index in [4.69, 9.17) is 14.6 Å². The van der Waals surface area contributed by atoms with Crippen molar-refractivity contribution in [3.05, 3.63) is 33.9 Å². The highest BCUT2D eigenvalue weighted by molar-refractivity contribution is 6.05. The standard InChI is InChI=1S/C22H30N2O6/c1-6-24(7-2)22(28)23-19-15(10-8-13(3)9-11-17(25)26)20(29-5)14(4)16-12-30-21(27)18(16)19/h8H,6-7,9-12H2,1-5H3,(H,23,28)(H,25,26)/b13-8+. The quantitative estimate of drug-likeness (QED) is 0.465. The number of esters is 1. The van der Waals surface area contributed by atoms with Gasteiger partial charge in [-0.1, -0.05) is 11.6 Å². The maximum Gasteiger partial charge on any atom is 0.341 e. The van der Waals surface area contributed by atoms with Gasteiger partial charge in [-0.25, -0.2) is 9.59 Å². The number of hydrogen-bond donors (Lipinski definition) is 2. The fourth-order valence-electron chi connectivity index (χ4n) is 3.57. The minimum atomic E-state index is -0.858. The fourth-order valence-corrected chi connectivity index (χ4v) is 3.57. The lowest BCUT2D eigenvalue weighted by molar-refractivity contribution is -0.136. The summed E-state index contributed by atoms with van der Waals surface area (Å²) in [5, 5.41) is 11.8. The molecular weight excluding hydrogens is 388 g/mol. The zero-order chi connectivity index (χ0) is 22.4. The van der Waals surface area contributed by atoms with E-state index in [9.17, 15) is 14.4 Å². The van der Waals surface area contributed by atoms with Crippen molar-refractivity contribution >= 4 is 23.7 Å². The van der Waals surface area contributed by atoms with Gasteiger partial charge >= 0.3 is 18.0 Å². The molecule has 0 bridgehead atoms. The first-order valence-corrected chi connectivity index (χ1v) is 10.1. The van der Waals surface area contributed by atoms with Crippen molar-refractivity contribution in [3.63, 3.8) is 0 Å². The van der Waals surface area contributed by atoms with Gasteiger partial charge in [0.05, 0.1) is 18.4 Å². The average molecular weight is 418 g/mol. The highest BCUT2D eigenvalue weighted by Crippen LogP contribution is 2.41. The Kier molecular flexibility index (Phi) is 7.86. The third-order valence-corrected chi connectivity index (χ3v) is 5.35. The second-order valence-electron chi connectivity index (χ2n) is 7.19. The summed E-state index contributed by atoms with van der Waals surface area (Å²) in [6, 6.07) is -0.305. The van der Waals surface area contributed by atoms with Crippen LogP contribution in [0.4, 0.5) is 10.5 Å². The van der Waals surface area contributed by atoms with Crippen molar-refractivity contribution < 1.29 is 29.0 Å². The van der Waals surface area contributed by atoms with Gasteiger partial charge in [-0.05, 0) is 46.1 Å². The Bertz CT molecular complexity index is 871. The number of methoxy groups -OCH3 is 1. The van der Waals surface area contributed by atoms with Crippen LogP contribution >= 0.6 is 0 Å². The summed E-state index contributed by atoms with van der Waals surface area (Å²) < 4.78 is 10.9. The Morgan fingerprint density at radius 1 is 1.27 bits per heavy atom. The lowest BCUT2D eigenvalue weighted by Gasteiger charge is -2.23. The number of rotatable bonds is 9. The van der Waals surface area contributed by atoms with Crippen molar-refractivity contribution in [2.24, 2.45) is 0 Å². The van der Waals surface area contributed by atoms with E-state index in [0.717, 1.165) is 11.1 Å². The van der Waals surface area contributed by atoms with Crippen LogP contribution < -0.4 is 10.1 Å². The Labute approximate surface area is 176 Å². The number of carbonyl (C=O) groups excluding carboxylic acids is 2. The molecule has 1 aliphatic heterocycles. The highest BCUT2D eigenvalue weighted by atomic mass is 16.5. The molecule has 8 heteroatoms. The Hall–Kier alpha value is -3.03. The number of fused-ring (bicyclic) bond motifs is 1. The zero-order valence-corrected chi connectivity index (χ0v) is 18.3. The predicted octanol–water partition coefficient (Wildman–Crippen LogP) is 3.90. The summed E-state index contributed by atoms with van der Waals surface area (Å²) >= 11 is 0. The number of ether oxygens (including phenoxy) is 2.